The first-order chi connectivity index (χ1) is 9.32. The second-order valence-corrected chi connectivity index (χ2v) is 6.23. The van der Waals surface area contributed by atoms with Gasteiger partial charge in [0.15, 0.2) is 0 Å². The van der Waals surface area contributed by atoms with Gasteiger partial charge in [0.05, 0.1) is 6.61 Å². The summed E-state index contributed by atoms with van der Waals surface area (Å²) in [6, 6.07) is 7.98. The molecule has 0 aliphatic heterocycles. The molecule has 1 aromatic carbocycles. The molecular formula is C16H27NO3. The van der Waals surface area contributed by atoms with Crippen molar-refractivity contribution in [1.82, 2.24) is 4.90 Å². The maximum absolute atomic E-state index is 9.84. The van der Waals surface area contributed by atoms with Crippen molar-refractivity contribution in [3.8, 4) is 5.75 Å². The highest BCUT2D eigenvalue weighted by Gasteiger charge is 2.13. The van der Waals surface area contributed by atoms with Crippen molar-refractivity contribution in [2.75, 3.05) is 33.4 Å². The SMILES string of the molecule is CN(CCO)C[C@@H](O)COc1ccc(C(C)(C)C)cc1. The monoisotopic (exact) mass is 281 g/mol. The summed E-state index contributed by atoms with van der Waals surface area (Å²) < 4.78 is 5.58. The molecule has 0 aromatic heterocycles. The van der Waals surface area contributed by atoms with E-state index in [0.717, 1.165) is 5.75 Å². The molecule has 0 saturated heterocycles. The molecule has 1 rings (SSSR count). The van der Waals surface area contributed by atoms with Gasteiger partial charge in [-0.15, -0.1) is 0 Å². The number of likely N-dealkylation sites (N-methyl/N-ethyl adjacent to an activating group) is 1. The van der Waals surface area contributed by atoms with E-state index in [-0.39, 0.29) is 18.6 Å². The lowest BCUT2D eigenvalue weighted by atomic mass is 9.87. The lowest BCUT2D eigenvalue weighted by Gasteiger charge is -2.21. The van der Waals surface area contributed by atoms with Gasteiger partial charge in [-0.3, -0.25) is 0 Å². The summed E-state index contributed by atoms with van der Waals surface area (Å²) in [4.78, 5) is 1.87. The Labute approximate surface area is 122 Å². The van der Waals surface area contributed by atoms with Gasteiger partial charge in [-0.2, -0.15) is 0 Å². The molecule has 0 unspecified atom stereocenters. The van der Waals surface area contributed by atoms with E-state index in [4.69, 9.17) is 9.84 Å². The van der Waals surface area contributed by atoms with Crippen LogP contribution in [0.4, 0.5) is 0 Å². The molecule has 0 bridgehead atoms. The van der Waals surface area contributed by atoms with E-state index in [9.17, 15) is 5.11 Å². The van der Waals surface area contributed by atoms with Crippen molar-refractivity contribution in [2.24, 2.45) is 0 Å². The molecule has 0 spiro atoms. The van der Waals surface area contributed by atoms with Crippen LogP contribution in [0.1, 0.15) is 26.3 Å². The van der Waals surface area contributed by atoms with E-state index in [1.165, 1.54) is 5.56 Å². The van der Waals surface area contributed by atoms with Gasteiger partial charge in [0.25, 0.3) is 0 Å². The van der Waals surface area contributed by atoms with Gasteiger partial charge in [-0.1, -0.05) is 32.9 Å². The summed E-state index contributed by atoms with van der Waals surface area (Å²) in [7, 11) is 1.86. The summed E-state index contributed by atoms with van der Waals surface area (Å²) in [5, 5.41) is 18.6. The number of hydrogen-bond donors (Lipinski definition) is 2. The molecule has 1 atom stereocenters. The Bertz CT molecular complexity index is 384. The predicted molar refractivity (Wildman–Crippen MR) is 81.2 cm³/mol. The van der Waals surface area contributed by atoms with E-state index in [1.54, 1.807) is 0 Å². The molecule has 0 aliphatic carbocycles. The van der Waals surface area contributed by atoms with Gasteiger partial charge in [0.1, 0.15) is 18.5 Å². The Morgan fingerprint density at radius 2 is 1.80 bits per heavy atom. The third-order valence-electron chi connectivity index (χ3n) is 3.17. The van der Waals surface area contributed by atoms with E-state index < -0.39 is 6.10 Å². The molecule has 4 nitrogen and oxygen atoms in total. The van der Waals surface area contributed by atoms with Gasteiger partial charge in [-0.25, -0.2) is 0 Å². The summed E-state index contributed by atoms with van der Waals surface area (Å²) in [5.74, 6) is 0.766. The fourth-order valence-corrected chi connectivity index (χ4v) is 1.92. The summed E-state index contributed by atoms with van der Waals surface area (Å²) in [5.41, 5.74) is 1.39. The Balaban J connectivity index is 2.42. The minimum absolute atomic E-state index is 0.0956. The van der Waals surface area contributed by atoms with Crippen LogP contribution in [-0.4, -0.2) is 54.6 Å². The molecule has 0 radical (unpaired) electrons. The second-order valence-electron chi connectivity index (χ2n) is 6.23. The molecular weight excluding hydrogens is 254 g/mol. The predicted octanol–water partition coefficient (Wildman–Crippen LogP) is 1.65. The highest BCUT2D eigenvalue weighted by molar-refractivity contribution is 5.31. The molecule has 4 heteroatoms. The van der Waals surface area contributed by atoms with Crippen molar-refractivity contribution >= 4 is 0 Å². The zero-order valence-electron chi connectivity index (χ0n) is 13.0. The largest absolute Gasteiger partial charge is 0.491 e. The highest BCUT2D eigenvalue weighted by atomic mass is 16.5. The third-order valence-corrected chi connectivity index (χ3v) is 3.17. The average Bonchev–Trinajstić information content (AvgIpc) is 2.36. The maximum atomic E-state index is 9.84. The first kappa shape index (κ1) is 17.0. The van der Waals surface area contributed by atoms with E-state index in [1.807, 2.05) is 24.1 Å². The van der Waals surface area contributed by atoms with Gasteiger partial charge >= 0.3 is 0 Å². The van der Waals surface area contributed by atoms with Crippen molar-refractivity contribution in [1.29, 1.82) is 0 Å². The fourth-order valence-electron chi connectivity index (χ4n) is 1.92. The number of benzene rings is 1. The van der Waals surface area contributed by atoms with Crippen LogP contribution in [0.5, 0.6) is 5.75 Å². The second kappa shape index (κ2) is 7.62. The van der Waals surface area contributed by atoms with Crippen LogP contribution < -0.4 is 4.74 Å². The standard InChI is InChI=1S/C16H27NO3/c1-16(2,3)13-5-7-15(8-6-13)20-12-14(19)11-17(4)9-10-18/h5-8,14,18-19H,9-12H2,1-4H3/t14-/m1/s1. The van der Waals surface area contributed by atoms with Crippen LogP contribution in [0, 0.1) is 0 Å². The van der Waals surface area contributed by atoms with Crippen molar-refractivity contribution in [2.45, 2.75) is 32.3 Å². The normalized spacial score (nSPS) is 13.6. The van der Waals surface area contributed by atoms with E-state index >= 15 is 0 Å². The van der Waals surface area contributed by atoms with Crippen LogP contribution in [0.25, 0.3) is 0 Å². The average molecular weight is 281 g/mol. The molecule has 1 aromatic rings. The van der Waals surface area contributed by atoms with Crippen molar-refractivity contribution in [3.63, 3.8) is 0 Å². The molecule has 0 fully saturated rings. The van der Waals surface area contributed by atoms with Gasteiger partial charge < -0.3 is 19.8 Å². The first-order valence-electron chi connectivity index (χ1n) is 7.03. The molecule has 0 saturated carbocycles. The third kappa shape index (κ3) is 5.90. The van der Waals surface area contributed by atoms with Crippen molar-refractivity contribution < 1.29 is 14.9 Å². The zero-order chi connectivity index (χ0) is 15.2. The number of aliphatic hydroxyl groups is 2. The minimum atomic E-state index is -0.561. The summed E-state index contributed by atoms with van der Waals surface area (Å²) in [6.07, 6.45) is -0.561. The molecule has 20 heavy (non-hydrogen) atoms. The van der Waals surface area contributed by atoms with Crippen LogP contribution in [0.3, 0.4) is 0 Å². The Morgan fingerprint density at radius 3 is 2.30 bits per heavy atom. The summed E-state index contributed by atoms with van der Waals surface area (Å²) in [6.45, 7) is 7.90. The van der Waals surface area contributed by atoms with E-state index in [0.29, 0.717) is 13.1 Å². The minimum Gasteiger partial charge on any atom is -0.491 e. The topological polar surface area (TPSA) is 52.9 Å². The molecule has 0 aliphatic rings. The lowest BCUT2D eigenvalue weighted by molar-refractivity contribution is 0.0710. The molecule has 0 amide bonds. The first-order valence-corrected chi connectivity index (χ1v) is 7.03. The number of rotatable bonds is 7. The number of aliphatic hydroxyl groups excluding tert-OH is 2. The number of nitrogens with zero attached hydrogens (tertiary/aromatic N) is 1. The number of hydrogen-bond acceptors (Lipinski definition) is 4. The maximum Gasteiger partial charge on any atom is 0.119 e. The Hall–Kier alpha value is -1.10. The summed E-state index contributed by atoms with van der Waals surface area (Å²) >= 11 is 0. The van der Waals surface area contributed by atoms with Gasteiger partial charge in [0.2, 0.25) is 0 Å². The Morgan fingerprint density at radius 1 is 1.20 bits per heavy atom. The smallest absolute Gasteiger partial charge is 0.119 e. The number of ether oxygens (including phenoxy) is 1. The van der Waals surface area contributed by atoms with Crippen LogP contribution in [0.2, 0.25) is 0 Å². The highest BCUT2D eigenvalue weighted by Crippen LogP contribution is 2.24. The van der Waals surface area contributed by atoms with Crippen molar-refractivity contribution in [3.05, 3.63) is 29.8 Å². The van der Waals surface area contributed by atoms with Crippen LogP contribution in [0.15, 0.2) is 24.3 Å². The molecule has 2 N–H and O–H groups in total. The quantitative estimate of drug-likeness (QED) is 0.798. The molecule has 0 heterocycles. The van der Waals surface area contributed by atoms with Crippen LogP contribution in [-0.2, 0) is 5.41 Å². The zero-order valence-corrected chi connectivity index (χ0v) is 13.0. The fraction of sp³-hybridized carbons (Fsp3) is 0.625. The lowest BCUT2D eigenvalue weighted by Crippen LogP contribution is -2.34. The molecule has 114 valence electrons. The van der Waals surface area contributed by atoms with Crippen LogP contribution >= 0.6 is 0 Å². The Kier molecular flexibility index (Phi) is 6.46. The van der Waals surface area contributed by atoms with E-state index in [2.05, 4.69) is 32.9 Å². The van der Waals surface area contributed by atoms with Gasteiger partial charge in [0, 0.05) is 13.1 Å². The van der Waals surface area contributed by atoms with Gasteiger partial charge in [-0.05, 0) is 30.2 Å².